The van der Waals surface area contributed by atoms with Crippen molar-refractivity contribution in [2.45, 2.75) is 4.90 Å². The minimum atomic E-state index is -0.506. The summed E-state index contributed by atoms with van der Waals surface area (Å²) in [6, 6.07) is 12.0. The van der Waals surface area contributed by atoms with E-state index in [1.54, 1.807) is 17.8 Å². The lowest BCUT2D eigenvalue weighted by Gasteiger charge is -2.06. The summed E-state index contributed by atoms with van der Waals surface area (Å²) in [6.07, 6.45) is 2.63. The zero-order valence-corrected chi connectivity index (χ0v) is 11.0. The van der Waals surface area contributed by atoms with Crippen LogP contribution in [0.1, 0.15) is 10.4 Å². The van der Waals surface area contributed by atoms with E-state index in [1.165, 1.54) is 12.1 Å². The second-order valence-corrected chi connectivity index (χ2v) is 4.75. The molecule has 0 unspecified atom stereocenters. The van der Waals surface area contributed by atoms with Crippen molar-refractivity contribution in [1.82, 2.24) is 0 Å². The molecular formula is C14H11NO3S. The Kier molecular flexibility index (Phi) is 3.97. The third-order valence-electron chi connectivity index (χ3n) is 2.77. The van der Waals surface area contributed by atoms with Crippen molar-refractivity contribution in [3.63, 3.8) is 0 Å². The summed E-state index contributed by atoms with van der Waals surface area (Å²) in [5.41, 5.74) is 1.82. The van der Waals surface area contributed by atoms with Crippen LogP contribution >= 0.6 is 11.8 Å². The first kappa shape index (κ1) is 13.3. The minimum Gasteiger partial charge on any atom is -0.298 e. The number of nitrogens with zero attached hydrogens (tertiary/aromatic N) is 1. The maximum atomic E-state index is 11.1. The first-order chi connectivity index (χ1) is 9.15. The van der Waals surface area contributed by atoms with Gasteiger partial charge in [-0.25, -0.2) is 0 Å². The van der Waals surface area contributed by atoms with E-state index in [0.717, 1.165) is 10.5 Å². The Balaban J connectivity index is 2.48. The fourth-order valence-corrected chi connectivity index (χ4v) is 2.20. The number of non-ortho nitro benzene ring substituents is 1. The van der Waals surface area contributed by atoms with Crippen LogP contribution in [0, 0.1) is 10.1 Å². The summed E-state index contributed by atoms with van der Waals surface area (Å²) in [4.78, 5) is 22.4. The van der Waals surface area contributed by atoms with E-state index >= 15 is 0 Å². The summed E-state index contributed by atoms with van der Waals surface area (Å²) in [5.74, 6) is 0. The Hall–Kier alpha value is -2.14. The molecule has 2 aromatic rings. The number of hydrogen-bond acceptors (Lipinski definition) is 4. The number of aldehydes is 1. The van der Waals surface area contributed by atoms with Gasteiger partial charge in [-0.1, -0.05) is 12.1 Å². The molecule has 0 saturated heterocycles. The van der Waals surface area contributed by atoms with Crippen LogP contribution in [0.3, 0.4) is 0 Å². The maximum absolute atomic E-state index is 11.1. The van der Waals surface area contributed by atoms with Gasteiger partial charge < -0.3 is 0 Å². The molecule has 0 heterocycles. The van der Waals surface area contributed by atoms with E-state index in [1.807, 2.05) is 30.5 Å². The Morgan fingerprint density at radius 2 is 1.84 bits per heavy atom. The van der Waals surface area contributed by atoms with Gasteiger partial charge in [-0.05, 0) is 35.6 Å². The summed E-state index contributed by atoms with van der Waals surface area (Å²) in [5, 5.41) is 10.7. The van der Waals surface area contributed by atoms with Crippen LogP contribution in [0.25, 0.3) is 11.1 Å². The molecule has 2 aromatic carbocycles. The minimum absolute atomic E-state index is 0.0772. The lowest BCUT2D eigenvalue weighted by molar-refractivity contribution is -0.384. The average Bonchev–Trinajstić information content (AvgIpc) is 2.46. The molecule has 0 saturated carbocycles. The Labute approximate surface area is 114 Å². The molecule has 0 N–H and O–H groups in total. The predicted molar refractivity (Wildman–Crippen MR) is 75.7 cm³/mol. The SMILES string of the molecule is CSc1ccc(-c2ccc([N+](=O)[O-])cc2C=O)cc1. The van der Waals surface area contributed by atoms with Crippen LogP contribution < -0.4 is 0 Å². The van der Waals surface area contributed by atoms with E-state index in [-0.39, 0.29) is 5.69 Å². The number of hydrogen-bond donors (Lipinski definition) is 0. The van der Waals surface area contributed by atoms with E-state index in [2.05, 4.69) is 0 Å². The van der Waals surface area contributed by atoms with Crippen molar-refractivity contribution in [2.75, 3.05) is 6.26 Å². The van der Waals surface area contributed by atoms with Gasteiger partial charge in [0, 0.05) is 22.6 Å². The Bertz CT molecular complexity index is 623. The van der Waals surface area contributed by atoms with Crippen molar-refractivity contribution in [3.8, 4) is 11.1 Å². The molecule has 0 aromatic heterocycles. The molecule has 0 fully saturated rings. The highest BCUT2D eigenvalue weighted by molar-refractivity contribution is 7.98. The molecule has 0 bridgehead atoms. The van der Waals surface area contributed by atoms with Gasteiger partial charge in [-0.2, -0.15) is 0 Å². The quantitative estimate of drug-likeness (QED) is 0.368. The predicted octanol–water partition coefficient (Wildman–Crippen LogP) is 3.80. The van der Waals surface area contributed by atoms with E-state index < -0.39 is 4.92 Å². The topological polar surface area (TPSA) is 60.2 Å². The third-order valence-corrected chi connectivity index (χ3v) is 3.52. The van der Waals surface area contributed by atoms with Crippen LogP contribution in [0.15, 0.2) is 47.4 Å². The molecule has 0 spiro atoms. The molecule has 2 rings (SSSR count). The van der Waals surface area contributed by atoms with Gasteiger partial charge in [-0.15, -0.1) is 11.8 Å². The number of nitro groups is 1. The smallest absolute Gasteiger partial charge is 0.270 e. The monoisotopic (exact) mass is 273 g/mol. The molecule has 0 aliphatic heterocycles. The highest BCUT2D eigenvalue weighted by Crippen LogP contribution is 2.28. The van der Waals surface area contributed by atoms with E-state index in [4.69, 9.17) is 0 Å². The van der Waals surface area contributed by atoms with Crippen LogP contribution in [-0.2, 0) is 0 Å². The van der Waals surface area contributed by atoms with Gasteiger partial charge in [0.25, 0.3) is 5.69 Å². The molecule has 96 valence electrons. The van der Waals surface area contributed by atoms with Gasteiger partial charge >= 0.3 is 0 Å². The van der Waals surface area contributed by atoms with E-state index in [9.17, 15) is 14.9 Å². The summed E-state index contributed by atoms with van der Waals surface area (Å²) in [6.45, 7) is 0. The Morgan fingerprint density at radius 3 is 2.37 bits per heavy atom. The normalized spacial score (nSPS) is 10.2. The van der Waals surface area contributed by atoms with Crippen LogP contribution in [0.4, 0.5) is 5.69 Å². The van der Waals surface area contributed by atoms with Crippen LogP contribution in [-0.4, -0.2) is 17.5 Å². The highest BCUT2D eigenvalue weighted by Gasteiger charge is 2.11. The summed E-state index contributed by atoms with van der Waals surface area (Å²) < 4.78 is 0. The first-order valence-electron chi connectivity index (χ1n) is 5.53. The molecular weight excluding hydrogens is 262 g/mol. The highest BCUT2D eigenvalue weighted by atomic mass is 32.2. The number of nitro benzene ring substituents is 1. The zero-order chi connectivity index (χ0) is 13.8. The fourth-order valence-electron chi connectivity index (χ4n) is 1.79. The summed E-state index contributed by atoms with van der Waals surface area (Å²) >= 11 is 1.63. The van der Waals surface area contributed by atoms with Crippen molar-refractivity contribution in [3.05, 3.63) is 58.1 Å². The second kappa shape index (κ2) is 5.67. The molecule has 0 atom stereocenters. The third kappa shape index (κ3) is 2.82. The van der Waals surface area contributed by atoms with Gasteiger partial charge in [-0.3, -0.25) is 14.9 Å². The van der Waals surface area contributed by atoms with E-state index in [0.29, 0.717) is 17.4 Å². The van der Waals surface area contributed by atoms with Gasteiger partial charge in [0.05, 0.1) is 4.92 Å². The van der Waals surface area contributed by atoms with Gasteiger partial charge in [0.15, 0.2) is 6.29 Å². The number of rotatable bonds is 4. The van der Waals surface area contributed by atoms with Crippen molar-refractivity contribution in [1.29, 1.82) is 0 Å². The number of thioether (sulfide) groups is 1. The lowest BCUT2D eigenvalue weighted by Crippen LogP contribution is -1.93. The molecule has 0 aliphatic rings. The first-order valence-corrected chi connectivity index (χ1v) is 6.76. The fraction of sp³-hybridized carbons (Fsp3) is 0.0714. The summed E-state index contributed by atoms with van der Waals surface area (Å²) in [7, 11) is 0. The standard InChI is InChI=1S/C14H11NO3S/c1-19-13-5-2-10(3-6-13)14-7-4-12(15(17)18)8-11(14)9-16/h2-9H,1H3. The molecule has 0 aliphatic carbocycles. The molecule has 5 heteroatoms. The van der Waals surface area contributed by atoms with Gasteiger partial charge in [0.2, 0.25) is 0 Å². The average molecular weight is 273 g/mol. The number of carbonyl (C=O) groups excluding carboxylic acids is 1. The largest absolute Gasteiger partial charge is 0.298 e. The zero-order valence-electron chi connectivity index (χ0n) is 10.2. The van der Waals surface area contributed by atoms with Crippen LogP contribution in [0.5, 0.6) is 0 Å². The molecule has 0 radical (unpaired) electrons. The van der Waals surface area contributed by atoms with Crippen molar-refractivity contribution < 1.29 is 9.72 Å². The lowest BCUT2D eigenvalue weighted by atomic mass is 10.00. The molecule has 0 amide bonds. The molecule has 19 heavy (non-hydrogen) atoms. The number of carbonyl (C=O) groups is 1. The number of benzene rings is 2. The van der Waals surface area contributed by atoms with Crippen molar-refractivity contribution >= 4 is 23.7 Å². The second-order valence-electron chi connectivity index (χ2n) is 3.88. The van der Waals surface area contributed by atoms with Gasteiger partial charge in [0.1, 0.15) is 0 Å². The maximum Gasteiger partial charge on any atom is 0.270 e. The van der Waals surface area contributed by atoms with Crippen molar-refractivity contribution in [2.24, 2.45) is 0 Å². The Morgan fingerprint density at radius 1 is 1.16 bits per heavy atom. The van der Waals surface area contributed by atoms with Crippen LogP contribution in [0.2, 0.25) is 0 Å². The molecule has 4 nitrogen and oxygen atoms in total.